The molecule has 0 unspecified atom stereocenters. The summed E-state index contributed by atoms with van der Waals surface area (Å²) in [7, 11) is 3.93. The Bertz CT molecular complexity index is 500. The van der Waals surface area contributed by atoms with Gasteiger partial charge < -0.3 is 15.1 Å². The van der Waals surface area contributed by atoms with E-state index in [-0.39, 0.29) is 11.8 Å². The van der Waals surface area contributed by atoms with Crippen molar-refractivity contribution >= 4 is 17.5 Å². The number of rotatable bonds is 8. The van der Waals surface area contributed by atoms with Gasteiger partial charge in [-0.05, 0) is 32.1 Å². The minimum Gasteiger partial charge on any atom is -0.341 e. The molecule has 1 aromatic carbocycles. The van der Waals surface area contributed by atoms with E-state index in [1.54, 1.807) is 11.8 Å². The molecule has 5 nitrogen and oxygen atoms in total. The Balaban J connectivity index is 2.51. The van der Waals surface area contributed by atoms with Crippen molar-refractivity contribution in [1.29, 1.82) is 0 Å². The summed E-state index contributed by atoms with van der Waals surface area (Å²) in [4.78, 5) is 27.4. The fraction of sp³-hybridized carbons (Fsp3) is 0.529. The van der Waals surface area contributed by atoms with Gasteiger partial charge in [0.15, 0.2) is 0 Å². The van der Waals surface area contributed by atoms with Crippen LogP contribution in [0.4, 0.5) is 5.69 Å². The minimum atomic E-state index is -0.0583. The molecule has 5 heteroatoms. The molecule has 1 aromatic rings. The molecule has 0 fully saturated rings. The molecule has 0 bridgehead atoms. The predicted octanol–water partition coefficient (Wildman–Crippen LogP) is 1.99. The third-order valence-corrected chi connectivity index (χ3v) is 3.54. The molecular weight excluding hydrogens is 278 g/mol. The van der Waals surface area contributed by atoms with Crippen LogP contribution in [-0.2, 0) is 16.0 Å². The van der Waals surface area contributed by atoms with E-state index in [0.717, 1.165) is 24.2 Å². The highest BCUT2D eigenvalue weighted by Crippen LogP contribution is 2.15. The Hall–Kier alpha value is -1.88. The number of aryl methyl sites for hydroxylation is 1. The number of nitrogens with one attached hydrogen (secondary N) is 1. The number of benzene rings is 1. The van der Waals surface area contributed by atoms with Crippen LogP contribution < -0.4 is 5.32 Å². The summed E-state index contributed by atoms with van der Waals surface area (Å²) >= 11 is 0. The first-order chi connectivity index (χ1) is 10.4. The topological polar surface area (TPSA) is 52.7 Å². The highest BCUT2D eigenvalue weighted by Gasteiger charge is 2.12. The summed E-state index contributed by atoms with van der Waals surface area (Å²) in [5.74, 6) is -0.0550. The van der Waals surface area contributed by atoms with E-state index in [1.165, 1.54) is 0 Å². The van der Waals surface area contributed by atoms with Crippen molar-refractivity contribution in [2.75, 3.05) is 39.0 Å². The molecule has 1 rings (SSSR count). The van der Waals surface area contributed by atoms with Gasteiger partial charge in [-0.25, -0.2) is 0 Å². The van der Waals surface area contributed by atoms with Crippen molar-refractivity contribution in [2.45, 2.75) is 26.7 Å². The summed E-state index contributed by atoms with van der Waals surface area (Å²) < 4.78 is 0. The van der Waals surface area contributed by atoms with E-state index in [9.17, 15) is 9.59 Å². The van der Waals surface area contributed by atoms with Gasteiger partial charge in [0.05, 0.1) is 0 Å². The Kier molecular flexibility index (Phi) is 7.60. The average Bonchev–Trinajstić information content (AvgIpc) is 2.47. The lowest BCUT2D eigenvalue weighted by Crippen LogP contribution is -2.37. The summed E-state index contributed by atoms with van der Waals surface area (Å²) in [6, 6.07) is 7.79. The number of hydrogen-bond donors (Lipinski definition) is 1. The maximum atomic E-state index is 12.1. The van der Waals surface area contributed by atoms with Crippen LogP contribution in [0.5, 0.6) is 0 Å². The first-order valence-corrected chi connectivity index (χ1v) is 7.72. The first-order valence-electron chi connectivity index (χ1n) is 7.72. The number of hydrogen-bond acceptors (Lipinski definition) is 3. The van der Waals surface area contributed by atoms with Crippen molar-refractivity contribution < 1.29 is 9.59 Å². The van der Waals surface area contributed by atoms with E-state index in [1.807, 2.05) is 43.3 Å². The van der Waals surface area contributed by atoms with Gasteiger partial charge in [-0.3, -0.25) is 9.59 Å². The summed E-state index contributed by atoms with van der Waals surface area (Å²) in [5.41, 5.74) is 1.98. The first kappa shape index (κ1) is 18.2. The molecule has 122 valence electrons. The van der Waals surface area contributed by atoms with Gasteiger partial charge in [-0.15, -0.1) is 0 Å². The summed E-state index contributed by atoms with van der Waals surface area (Å²) in [6.07, 6.45) is 1.18. The van der Waals surface area contributed by atoms with Crippen LogP contribution in [0.3, 0.4) is 0 Å². The lowest BCUT2D eigenvalue weighted by molar-refractivity contribution is -0.129. The number of carbonyl (C=O) groups excluding carboxylic acids is 2. The number of para-hydroxylation sites is 1. The molecule has 0 saturated carbocycles. The minimum absolute atomic E-state index is 0.00334. The quantitative estimate of drug-likeness (QED) is 0.799. The van der Waals surface area contributed by atoms with Crippen LogP contribution in [0.15, 0.2) is 24.3 Å². The van der Waals surface area contributed by atoms with Gasteiger partial charge in [0.1, 0.15) is 0 Å². The standard InChI is InChI=1S/C17H27N3O2/c1-5-15-8-6-7-9-16(15)18-17(22)10-11-20(14(2)21)13-12-19(3)4/h6-9H,5,10-13H2,1-4H3,(H,18,22). The van der Waals surface area contributed by atoms with Gasteiger partial charge >= 0.3 is 0 Å². The second-order valence-electron chi connectivity index (χ2n) is 5.62. The van der Waals surface area contributed by atoms with Crippen LogP contribution >= 0.6 is 0 Å². The number of carbonyl (C=O) groups is 2. The fourth-order valence-corrected chi connectivity index (χ4v) is 2.15. The molecule has 0 saturated heterocycles. The van der Waals surface area contributed by atoms with Crippen LogP contribution in [-0.4, -0.2) is 55.3 Å². The number of likely N-dealkylation sites (N-methyl/N-ethyl adjacent to an activating group) is 1. The number of nitrogens with zero attached hydrogens (tertiary/aromatic N) is 2. The van der Waals surface area contributed by atoms with Crippen molar-refractivity contribution in [1.82, 2.24) is 9.80 Å². The maximum Gasteiger partial charge on any atom is 0.226 e. The SMILES string of the molecule is CCc1ccccc1NC(=O)CCN(CCN(C)C)C(C)=O. The van der Waals surface area contributed by atoms with Crippen LogP contribution in [0.1, 0.15) is 25.8 Å². The Morgan fingerprint density at radius 2 is 1.77 bits per heavy atom. The molecule has 1 N–H and O–H groups in total. The molecule has 22 heavy (non-hydrogen) atoms. The largest absolute Gasteiger partial charge is 0.341 e. The third-order valence-electron chi connectivity index (χ3n) is 3.54. The monoisotopic (exact) mass is 305 g/mol. The molecule has 0 spiro atoms. The van der Waals surface area contributed by atoms with Crippen LogP contribution in [0, 0.1) is 0 Å². The van der Waals surface area contributed by atoms with Gasteiger partial charge in [0, 0.05) is 38.7 Å². The summed E-state index contributed by atoms with van der Waals surface area (Å²) in [6.45, 7) is 5.48. The van der Waals surface area contributed by atoms with Gasteiger partial charge in [0.2, 0.25) is 11.8 Å². The fourth-order valence-electron chi connectivity index (χ4n) is 2.15. The van der Waals surface area contributed by atoms with Gasteiger partial charge in [-0.1, -0.05) is 25.1 Å². The van der Waals surface area contributed by atoms with E-state index < -0.39 is 0 Å². The zero-order chi connectivity index (χ0) is 16.5. The van der Waals surface area contributed by atoms with E-state index >= 15 is 0 Å². The molecule has 0 aromatic heterocycles. The van der Waals surface area contributed by atoms with Crippen molar-refractivity contribution in [3.05, 3.63) is 29.8 Å². The van der Waals surface area contributed by atoms with Crippen LogP contribution in [0.2, 0.25) is 0 Å². The Morgan fingerprint density at radius 1 is 1.09 bits per heavy atom. The molecule has 0 aliphatic heterocycles. The average molecular weight is 305 g/mol. The highest BCUT2D eigenvalue weighted by molar-refractivity contribution is 5.91. The zero-order valence-electron chi connectivity index (χ0n) is 14.1. The lowest BCUT2D eigenvalue weighted by Gasteiger charge is -2.22. The molecule has 0 atom stereocenters. The molecule has 2 amide bonds. The smallest absolute Gasteiger partial charge is 0.226 e. The van der Waals surface area contributed by atoms with Crippen molar-refractivity contribution in [3.8, 4) is 0 Å². The second-order valence-corrected chi connectivity index (χ2v) is 5.62. The predicted molar refractivity (Wildman–Crippen MR) is 89.9 cm³/mol. The van der Waals surface area contributed by atoms with Crippen molar-refractivity contribution in [2.24, 2.45) is 0 Å². The number of amides is 2. The van der Waals surface area contributed by atoms with Gasteiger partial charge in [0.25, 0.3) is 0 Å². The molecule has 0 aliphatic rings. The van der Waals surface area contributed by atoms with E-state index in [2.05, 4.69) is 12.2 Å². The molecule has 0 aliphatic carbocycles. The molecule has 0 radical (unpaired) electrons. The second kappa shape index (κ2) is 9.20. The molecule has 0 heterocycles. The number of anilines is 1. The van der Waals surface area contributed by atoms with Crippen molar-refractivity contribution in [3.63, 3.8) is 0 Å². The Morgan fingerprint density at radius 3 is 2.36 bits per heavy atom. The van der Waals surface area contributed by atoms with Crippen LogP contribution in [0.25, 0.3) is 0 Å². The van der Waals surface area contributed by atoms with E-state index in [4.69, 9.17) is 0 Å². The Labute approximate surface area is 133 Å². The van der Waals surface area contributed by atoms with E-state index in [0.29, 0.717) is 19.5 Å². The maximum absolute atomic E-state index is 12.1. The zero-order valence-corrected chi connectivity index (χ0v) is 14.1. The lowest BCUT2D eigenvalue weighted by atomic mass is 10.1. The summed E-state index contributed by atoms with van der Waals surface area (Å²) in [5, 5.41) is 2.93. The third kappa shape index (κ3) is 6.26. The normalized spacial score (nSPS) is 10.6. The molecular formula is C17H27N3O2. The van der Waals surface area contributed by atoms with Gasteiger partial charge in [-0.2, -0.15) is 0 Å². The highest BCUT2D eigenvalue weighted by atomic mass is 16.2.